The Morgan fingerprint density at radius 1 is 1.04 bits per heavy atom. The average molecular weight is 482 g/mol. The molecule has 27 heavy (non-hydrogen) atoms. The van der Waals surface area contributed by atoms with Crippen LogP contribution in [-0.2, 0) is 13.1 Å². The van der Waals surface area contributed by atoms with Gasteiger partial charge in [-0.15, -0.1) is 24.0 Å². The molecule has 0 fully saturated rings. The van der Waals surface area contributed by atoms with Gasteiger partial charge in [0.1, 0.15) is 5.75 Å². The maximum atomic E-state index is 11.9. The van der Waals surface area contributed by atoms with Crippen LogP contribution >= 0.6 is 24.0 Å². The summed E-state index contributed by atoms with van der Waals surface area (Å²) in [5.41, 5.74) is 2.72. The number of carbonyl (C=O) groups excluding carboxylic acids is 1. The molecule has 0 aromatic heterocycles. The number of nitrogens with zero attached hydrogens (tertiary/aromatic N) is 1. The van der Waals surface area contributed by atoms with Crippen LogP contribution in [0.3, 0.4) is 0 Å². The van der Waals surface area contributed by atoms with E-state index in [1.807, 2.05) is 55.5 Å². The van der Waals surface area contributed by atoms with Crippen molar-refractivity contribution in [2.75, 3.05) is 20.7 Å². The van der Waals surface area contributed by atoms with Crippen LogP contribution in [0.2, 0.25) is 0 Å². The summed E-state index contributed by atoms with van der Waals surface area (Å²) < 4.78 is 5.36. The van der Waals surface area contributed by atoms with E-state index in [1.54, 1.807) is 14.2 Å². The van der Waals surface area contributed by atoms with Crippen molar-refractivity contribution in [2.45, 2.75) is 20.0 Å². The fourth-order valence-corrected chi connectivity index (χ4v) is 2.52. The standard InChI is InChI=1S/C20H26N4O2.HI/c1-4-22-19(25)16-10-7-8-15(12-16)13-23-20(21-2)24-14-17-9-5-6-11-18(17)26-3;/h5-12H,4,13-14H2,1-3H3,(H,22,25)(H2,21,23,24);1H. The molecule has 0 aliphatic heterocycles. The Morgan fingerprint density at radius 3 is 2.48 bits per heavy atom. The van der Waals surface area contributed by atoms with Crippen molar-refractivity contribution in [2.24, 2.45) is 4.99 Å². The summed E-state index contributed by atoms with van der Waals surface area (Å²) in [6.45, 7) is 3.68. The highest BCUT2D eigenvalue weighted by atomic mass is 127. The molecular weight excluding hydrogens is 455 g/mol. The van der Waals surface area contributed by atoms with E-state index in [2.05, 4.69) is 20.9 Å². The fourth-order valence-electron chi connectivity index (χ4n) is 2.52. The van der Waals surface area contributed by atoms with Gasteiger partial charge in [-0.1, -0.05) is 30.3 Å². The second kappa shape index (κ2) is 12.2. The second-order valence-corrected chi connectivity index (χ2v) is 5.65. The summed E-state index contributed by atoms with van der Waals surface area (Å²) in [5.74, 6) is 1.46. The Hall–Kier alpha value is -2.29. The number of nitrogens with one attached hydrogen (secondary N) is 3. The van der Waals surface area contributed by atoms with Crippen LogP contribution in [0, 0.1) is 0 Å². The van der Waals surface area contributed by atoms with Crippen LogP contribution in [0.15, 0.2) is 53.5 Å². The number of aliphatic imine (C=N–C) groups is 1. The number of para-hydroxylation sites is 1. The molecule has 2 aromatic carbocycles. The zero-order valence-corrected chi connectivity index (χ0v) is 18.2. The largest absolute Gasteiger partial charge is 0.496 e. The first-order chi connectivity index (χ1) is 12.7. The molecule has 3 N–H and O–H groups in total. The first-order valence-corrected chi connectivity index (χ1v) is 8.61. The van der Waals surface area contributed by atoms with Gasteiger partial charge in [0.15, 0.2) is 5.96 Å². The molecular formula is C20H27IN4O2. The molecule has 0 aliphatic carbocycles. The fraction of sp³-hybridized carbons (Fsp3) is 0.300. The lowest BCUT2D eigenvalue weighted by Crippen LogP contribution is -2.36. The molecule has 0 bridgehead atoms. The molecule has 146 valence electrons. The van der Waals surface area contributed by atoms with E-state index in [4.69, 9.17) is 4.74 Å². The van der Waals surface area contributed by atoms with E-state index in [1.165, 1.54) is 0 Å². The van der Waals surface area contributed by atoms with Gasteiger partial charge in [-0.05, 0) is 30.7 Å². The SMILES string of the molecule is CCNC(=O)c1cccc(CNC(=NC)NCc2ccccc2OC)c1.I. The molecule has 0 saturated heterocycles. The zero-order valence-electron chi connectivity index (χ0n) is 15.9. The highest BCUT2D eigenvalue weighted by Crippen LogP contribution is 2.16. The smallest absolute Gasteiger partial charge is 0.251 e. The summed E-state index contributed by atoms with van der Waals surface area (Å²) in [6, 6.07) is 15.4. The minimum absolute atomic E-state index is 0. The van der Waals surface area contributed by atoms with Crippen molar-refractivity contribution in [3.63, 3.8) is 0 Å². The number of ether oxygens (including phenoxy) is 1. The monoisotopic (exact) mass is 482 g/mol. The van der Waals surface area contributed by atoms with E-state index >= 15 is 0 Å². The van der Waals surface area contributed by atoms with Crippen molar-refractivity contribution in [1.29, 1.82) is 0 Å². The summed E-state index contributed by atoms with van der Waals surface area (Å²) in [7, 11) is 3.39. The Morgan fingerprint density at radius 2 is 1.78 bits per heavy atom. The number of carbonyl (C=O) groups is 1. The van der Waals surface area contributed by atoms with Crippen molar-refractivity contribution in [3.8, 4) is 5.75 Å². The van der Waals surface area contributed by atoms with Crippen LogP contribution < -0.4 is 20.7 Å². The van der Waals surface area contributed by atoms with Gasteiger partial charge in [-0.3, -0.25) is 9.79 Å². The number of halogens is 1. The van der Waals surface area contributed by atoms with Crippen LogP contribution in [0.5, 0.6) is 5.75 Å². The van der Waals surface area contributed by atoms with Crippen LogP contribution in [0.4, 0.5) is 0 Å². The van der Waals surface area contributed by atoms with Gasteiger partial charge >= 0.3 is 0 Å². The Kier molecular flexibility index (Phi) is 10.2. The lowest BCUT2D eigenvalue weighted by atomic mass is 10.1. The molecule has 2 rings (SSSR count). The van der Waals surface area contributed by atoms with Gasteiger partial charge in [0.2, 0.25) is 0 Å². The zero-order chi connectivity index (χ0) is 18.8. The summed E-state index contributed by atoms with van der Waals surface area (Å²) in [5, 5.41) is 9.33. The molecule has 0 atom stereocenters. The normalized spacial score (nSPS) is 10.6. The first kappa shape index (κ1) is 22.8. The van der Waals surface area contributed by atoms with Gasteiger partial charge in [0.25, 0.3) is 5.91 Å². The Labute approximate surface area is 177 Å². The maximum absolute atomic E-state index is 11.9. The topological polar surface area (TPSA) is 74.8 Å². The minimum atomic E-state index is -0.0620. The predicted octanol–water partition coefficient (Wildman–Crippen LogP) is 2.93. The molecule has 2 aromatic rings. The van der Waals surface area contributed by atoms with Crippen LogP contribution in [-0.4, -0.2) is 32.6 Å². The number of amides is 1. The van der Waals surface area contributed by atoms with Crippen LogP contribution in [0.1, 0.15) is 28.4 Å². The van der Waals surface area contributed by atoms with Crippen molar-refractivity contribution in [1.82, 2.24) is 16.0 Å². The molecule has 0 spiro atoms. The molecule has 0 saturated carbocycles. The third-order valence-corrected chi connectivity index (χ3v) is 3.85. The number of hydrogen-bond acceptors (Lipinski definition) is 3. The van der Waals surface area contributed by atoms with Gasteiger partial charge in [0, 0.05) is 37.8 Å². The third kappa shape index (κ3) is 7.09. The minimum Gasteiger partial charge on any atom is -0.496 e. The number of hydrogen-bond donors (Lipinski definition) is 3. The van der Waals surface area contributed by atoms with Gasteiger partial charge in [-0.25, -0.2) is 0 Å². The van der Waals surface area contributed by atoms with Crippen LogP contribution in [0.25, 0.3) is 0 Å². The lowest BCUT2D eigenvalue weighted by molar-refractivity contribution is 0.0955. The number of methoxy groups -OCH3 is 1. The molecule has 0 aliphatic rings. The highest BCUT2D eigenvalue weighted by molar-refractivity contribution is 14.0. The number of benzene rings is 2. The third-order valence-electron chi connectivity index (χ3n) is 3.85. The molecule has 0 unspecified atom stereocenters. The predicted molar refractivity (Wildman–Crippen MR) is 120 cm³/mol. The van der Waals surface area contributed by atoms with E-state index in [9.17, 15) is 4.79 Å². The van der Waals surface area contributed by atoms with E-state index < -0.39 is 0 Å². The van der Waals surface area contributed by atoms with E-state index in [0.29, 0.717) is 31.2 Å². The van der Waals surface area contributed by atoms with E-state index in [0.717, 1.165) is 16.9 Å². The Balaban J connectivity index is 0.00000364. The van der Waals surface area contributed by atoms with Gasteiger partial charge in [-0.2, -0.15) is 0 Å². The van der Waals surface area contributed by atoms with E-state index in [-0.39, 0.29) is 29.9 Å². The highest BCUT2D eigenvalue weighted by Gasteiger charge is 2.06. The van der Waals surface area contributed by atoms with Gasteiger partial charge < -0.3 is 20.7 Å². The van der Waals surface area contributed by atoms with Crippen molar-refractivity contribution < 1.29 is 9.53 Å². The quantitative estimate of drug-likeness (QED) is 0.323. The molecule has 0 radical (unpaired) electrons. The average Bonchev–Trinajstić information content (AvgIpc) is 2.68. The summed E-state index contributed by atoms with van der Waals surface area (Å²) >= 11 is 0. The first-order valence-electron chi connectivity index (χ1n) is 8.61. The van der Waals surface area contributed by atoms with Crippen molar-refractivity contribution >= 4 is 35.8 Å². The summed E-state index contributed by atoms with van der Waals surface area (Å²) in [4.78, 5) is 16.2. The molecule has 6 nitrogen and oxygen atoms in total. The number of rotatable bonds is 7. The molecule has 1 amide bonds. The van der Waals surface area contributed by atoms with Crippen molar-refractivity contribution in [3.05, 3.63) is 65.2 Å². The lowest BCUT2D eigenvalue weighted by Gasteiger charge is -2.14. The Bertz CT molecular complexity index is 765. The second-order valence-electron chi connectivity index (χ2n) is 5.65. The molecule has 0 heterocycles. The summed E-state index contributed by atoms with van der Waals surface area (Å²) in [6.07, 6.45) is 0. The maximum Gasteiger partial charge on any atom is 0.251 e. The number of guanidine groups is 1. The molecule has 7 heteroatoms. The van der Waals surface area contributed by atoms with Gasteiger partial charge in [0.05, 0.1) is 7.11 Å².